The van der Waals surface area contributed by atoms with E-state index in [2.05, 4.69) is 18.8 Å². The molecule has 1 aliphatic rings. The highest BCUT2D eigenvalue weighted by Crippen LogP contribution is 2.36. The Morgan fingerprint density at radius 3 is 2.71 bits per heavy atom. The van der Waals surface area contributed by atoms with Crippen LogP contribution in [-0.4, -0.2) is 35.2 Å². The maximum atomic E-state index is 12.9. The van der Waals surface area contributed by atoms with Crippen LogP contribution < -0.4 is 5.73 Å². The Kier molecular flexibility index (Phi) is 3.50. The number of piperidine rings is 1. The first-order valence-electron chi connectivity index (χ1n) is 7.08. The second-order valence-corrected chi connectivity index (χ2v) is 8.65. The topological polar surface area (TPSA) is 80.7 Å². The molecule has 8 heteroatoms. The normalized spacial score (nSPS) is 20.1. The van der Waals surface area contributed by atoms with Crippen molar-refractivity contribution in [2.45, 2.75) is 38.1 Å². The molecule has 1 aliphatic heterocycles. The lowest BCUT2D eigenvalue weighted by Crippen LogP contribution is -2.42. The summed E-state index contributed by atoms with van der Waals surface area (Å²) in [5.74, 6) is 0.0886. The first kappa shape index (κ1) is 14.8. The summed E-state index contributed by atoms with van der Waals surface area (Å²) in [7, 11) is -3.59. The predicted octanol–water partition coefficient (Wildman–Crippen LogP) is 2.18. The molecular formula is C13H20N4O2S2. The highest BCUT2D eigenvalue weighted by atomic mass is 32.2. The van der Waals surface area contributed by atoms with Gasteiger partial charge in [0.1, 0.15) is 0 Å². The van der Waals surface area contributed by atoms with E-state index in [1.54, 1.807) is 14.9 Å². The second-order valence-electron chi connectivity index (χ2n) is 5.93. The van der Waals surface area contributed by atoms with E-state index in [1.165, 1.54) is 11.3 Å². The molecule has 0 spiro atoms. The van der Waals surface area contributed by atoms with E-state index in [0.29, 0.717) is 18.1 Å². The van der Waals surface area contributed by atoms with Crippen LogP contribution in [0.25, 0.3) is 4.96 Å². The summed E-state index contributed by atoms with van der Waals surface area (Å²) in [6.45, 7) is 5.47. The van der Waals surface area contributed by atoms with Crippen molar-refractivity contribution in [3.8, 4) is 0 Å². The number of hydrogen-bond acceptors (Lipinski definition) is 5. The fourth-order valence-corrected chi connectivity index (χ4v) is 5.17. The smallest absolute Gasteiger partial charge is 0.262 e. The van der Waals surface area contributed by atoms with Gasteiger partial charge >= 0.3 is 0 Å². The number of nitrogens with two attached hydrogens (primary N) is 1. The predicted molar refractivity (Wildman–Crippen MR) is 83.9 cm³/mol. The van der Waals surface area contributed by atoms with Crippen LogP contribution in [0.2, 0.25) is 0 Å². The van der Waals surface area contributed by atoms with Crippen molar-refractivity contribution in [2.75, 3.05) is 18.8 Å². The van der Waals surface area contributed by atoms with Crippen LogP contribution in [0.4, 0.5) is 5.82 Å². The Bertz CT molecular complexity index is 754. The minimum atomic E-state index is -3.59. The Morgan fingerprint density at radius 1 is 1.43 bits per heavy atom. The average Bonchev–Trinajstić information content (AvgIpc) is 2.98. The molecule has 0 radical (unpaired) electrons. The molecule has 0 aromatic carbocycles. The van der Waals surface area contributed by atoms with Gasteiger partial charge in [0.2, 0.25) is 0 Å². The number of nitrogens with zero attached hydrogens (tertiary/aromatic N) is 3. The molecule has 3 rings (SSSR count). The van der Waals surface area contributed by atoms with Gasteiger partial charge in [0.15, 0.2) is 15.8 Å². The van der Waals surface area contributed by atoms with Crippen molar-refractivity contribution in [1.29, 1.82) is 0 Å². The van der Waals surface area contributed by atoms with Gasteiger partial charge in [0.05, 0.1) is 0 Å². The van der Waals surface area contributed by atoms with Crippen molar-refractivity contribution < 1.29 is 8.42 Å². The zero-order chi connectivity index (χ0) is 15.3. The summed E-state index contributed by atoms with van der Waals surface area (Å²) in [5.41, 5.74) is 6.08. The van der Waals surface area contributed by atoms with E-state index in [-0.39, 0.29) is 16.3 Å². The van der Waals surface area contributed by atoms with Crippen molar-refractivity contribution in [3.05, 3.63) is 11.6 Å². The van der Waals surface area contributed by atoms with Gasteiger partial charge < -0.3 is 5.73 Å². The molecular weight excluding hydrogens is 308 g/mol. The van der Waals surface area contributed by atoms with E-state index in [1.807, 2.05) is 5.38 Å². The first-order chi connectivity index (χ1) is 9.87. The maximum absolute atomic E-state index is 12.9. The third-order valence-electron chi connectivity index (χ3n) is 4.61. The zero-order valence-corrected chi connectivity index (χ0v) is 13.9. The Hall–Kier alpha value is -1.12. The fraction of sp³-hybridized carbons (Fsp3) is 0.615. The van der Waals surface area contributed by atoms with Crippen LogP contribution in [0.5, 0.6) is 0 Å². The number of nitrogen functional groups attached to an aromatic ring is 1. The maximum Gasteiger partial charge on any atom is 0.262 e. The summed E-state index contributed by atoms with van der Waals surface area (Å²) in [5, 5.41) is 1.92. The Balaban J connectivity index is 1.95. The van der Waals surface area contributed by atoms with Crippen LogP contribution >= 0.6 is 11.3 Å². The van der Waals surface area contributed by atoms with Gasteiger partial charge in [-0.05, 0) is 18.3 Å². The quantitative estimate of drug-likeness (QED) is 0.936. The third kappa shape index (κ3) is 2.35. The largest absolute Gasteiger partial charge is 0.381 e. The lowest BCUT2D eigenvalue weighted by molar-refractivity contribution is 0.168. The van der Waals surface area contributed by atoms with Gasteiger partial charge in [0, 0.05) is 24.7 Å². The number of thiazole rings is 1. The van der Waals surface area contributed by atoms with E-state index < -0.39 is 10.0 Å². The van der Waals surface area contributed by atoms with Crippen molar-refractivity contribution >= 4 is 32.1 Å². The number of hydrogen-bond donors (Lipinski definition) is 1. The summed E-state index contributed by atoms with van der Waals surface area (Å²) in [6, 6.07) is 0. The van der Waals surface area contributed by atoms with Crippen LogP contribution in [0.15, 0.2) is 16.6 Å². The molecule has 0 saturated carbocycles. The molecule has 1 saturated heterocycles. The molecule has 0 atom stereocenters. The zero-order valence-electron chi connectivity index (χ0n) is 12.2. The minimum absolute atomic E-state index is 0.0886. The standard InChI is InChI=1S/C13H20N4O2S2/c1-3-13(2)4-6-16(7-5-13)21(18,19)11-10(14)15-12-17(11)8-9-20-12/h8-9H,3-7,14H2,1-2H3. The molecule has 116 valence electrons. The molecule has 2 aromatic rings. The van der Waals surface area contributed by atoms with Crippen molar-refractivity contribution in [1.82, 2.24) is 13.7 Å². The fourth-order valence-electron chi connectivity index (χ4n) is 2.78. The number of rotatable bonds is 3. The lowest BCUT2D eigenvalue weighted by Gasteiger charge is -2.38. The van der Waals surface area contributed by atoms with Gasteiger partial charge in [-0.15, -0.1) is 11.3 Å². The highest BCUT2D eigenvalue weighted by Gasteiger charge is 2.37. The number of sulfonamides is 1. The Morgan fingerprint density at radius 2 is 2.10 bits per heavy atom. The molecule has 1 fully saturated rings. The van der Waals surface area contributed by atoms with E-state index in [9.17, 15) is 8.42 Å². The summed E-state index contributed by atoms with van der Waals surface area (Å²) < 4.78 is 28.9. The Labute approximate surface area is 128 Å². The lowest BCUT2D eigenvalue weighted by atomic mass is 9.79. The van der Waals surface area contributed by atoms with Gasteiger partial charge in [-0.3, -0.25) is 4.40 Å². The summed E-state index contributed by atoms with van der Waals surface area (Å²) in [4.78, 5) is 4.74. The molecule has 2 N–H and O–H groups in total. The van der Waals surface area contributed by atoms with Crippen molar-refractivity contribution in [3.63, 3.8) is 0 Å². The van der Waals surface area contributed by atoms with Crippen LogP contribution in [0.3, 0.4) is 0 Å². The molecule has 21 heavy (non-hydrogen) atoms. The third-order valence-corrected chi connectivity index (χ3v) is 7.31. The van der Waals surface area contributed by atoms with Crippen LogP contribution in [0, 0.1) is 5.41 Å². The van der Waals surface area contributed by atoms with Crippen LogP contribution in [0.1, 0.15) is 33.1 Å². The summed E-state index contributed by atoms with van der Waals surface area (Å²) >= 11 is 1.38. The number of imidazole rings is 1. The number of aromatic nitrogens is 2. The second kappa shape index (κ2) is 4.96. The average molecular weight is 328 g/mol. The highest BCUT2D eigenvalue weighted by molar-refractivity contribution is 7.89. The first-order valence-corrected chi connectivity index (χ1v) is 9.40. The number of anilines is 1. The van der Waals surface area contributed by atoms with Gasteiger partial charge in [0.25, 0.3) is 10.0 Å². The van der Waals surface area contributed by atoms with Gasteiger partial charge in [-0.1, -0.05) is 20.3 Å². The molecule has 0 bridgehead atoms. The van der Waals surface area contributed by atoms with E-state index in [0.717, 1.165) is 19.3 Å². The summed E-state index contributed by atoms with van der Waals surface area (Å²) in [6.07, 6.45) is 4.54. The van der Waals surface area contributed by atoms with Gasteiger partial charge in [-0.25, -0.2) is 13.4 Å². The van der Waals surface area contributed by atoms with E-state index >= 15 is 0 Å². The van der Waals surface area contributed by atoms with Gasteiger partial charge in [-0.2, -0.15) is 4.31 Å². The monoisotopic (exact) mass is 328 g/mol. The van der Waals surface area contributed by atoms with E-state index in [4.69, 9.17) is 5.73 Å². The minimum Gasteiger partial charge on any atom is -0.381 e. The SMILES string of the molecule is CCC1(C)CCN(S(=O)(=O)c2c(N)nc3sccn23)CC1. The molecule has 3 heterocycles. The molecule has 0 aliphatic carbocycles. The molecule has 0 amide bonds. The molecule has 0 unspecified atom stereocenters. The van der Waals surface area contributed by atoms with Crippen molar-refractivity contribution in [2.24, 2.45) is 5.41 Å². The molecule has 6 nitrogen and oxygen atoms in total. The molecule has 2 aromatic heterocycles. The number of fused-ring (bicyclic) bond motifs is 1. The van der Waals surface area contributed by atoms with Crippen LogP contribution in [-0.2, 0) is 10.0 Å².